The fraction of sp³-hybridized carbons (Fsp3) is 0.632. The predicted octanol–water partition coefficient (Wildman–Crippen LogP) is 2.28. The zero-order chi connectivity index (χ0) is 18.4. The minimum Gasteiger partial charge on any atom is -0.339 e. The highest BCUT2D eigenvalue weighted by atomic mass is 32.2. The van der Waals surface area contributed by atoms with Crippen LogP contribution in [-0.2, 0) is 9.84 Å². The average molecular weight is 365 g/mol. The van der Waals surface area contributed by atoms with Crippen molar-refractivity contribution in [2.24, 2.45) is 11.8 Å². The van der Waals surface area contributed by atoms with E-state index in [2.05, 4.69) is 19.0 Å². The molecular formula is C19H28N2O3S. The van der Waals surface area contributed by atoms with Crippen molar-refractivity contribution >= 4 is 15.7 Å². The number of sulfone groups is 1. The number of amides is 1. The molecule has 1 aromatic rings. The monoisotopic (exact) mass is 364 g/mol. The maximum Gasteiger partial charge on any atom is 0.253 e. The summed E-state index contributed by atoms with van der Waals surface area (Å²) >= 11 is 0. The fourth-order valence-electron chi connectivity index (χ4n) is 4.50. The zero-order valence-electron chi connectivity index (χ0n) is 15.5. The van der Waals surface area contributed by atoms with Gasteiger partial charge in [0.15, 0.2) is 9.84 Å². The number of hydrogen-bond donors (Lipinski definition) is 0. The lowest BCUT2D eigenvalue weighted by Crippen LogP contribution is -2.36. The van der Waals surface area contributed by atoms with E-state index in [0.29, 0.717) is 17.6 Å². The highest BCUT2D eigenvalue weighted by Crippen LogP contribution is 2.46. The van der Waals surface area contributed by atoms with Gasteiger partial charge in [-0.05, 0) is 75.9 Å². The average Bonchev–Trinajstić information content (AvgIpc) is 3.11. The van der Waals surface area contributed by atoms with Crippen LogP contribution in [0.5, 0.6) is 0 Å². The van der Waals surface area contributed by atoms with E-state index in [4.69, 9.17) is 0 Å². The van der Waals surface area contributed by atoms with E-state index in [1.807, 2.05) is 11.9 Å². The first-order valence-corrected chi connectivity index (χ1v) is 10.8. The molecule has 0 radical (unpaired) electrons. The normalized spacial score (nSPS) is 29.0. The van der Waals surface area contributed by atoms with Crippen molar-refractivity contribution in [3.8, 4) is 0 Å². The van der Waals surface area contributed by atoms with Crippen LogP contribution in [-0.4, -0.2) is 63.6 Å². The minimum absolute atomic E-state index is 0.0193. The van der Waals surface area contributed by atoms with E-state index in [1.54, 1.807) is 12.1 Å². The van der Waals surface area contributed by atoms with Crippen molar-refractivity contribution in [1.82, 2.24) is 9.80 Å². The summed E-state index contributed by atoms with van der Waals surface area (Å²) in [6, 6.07) is 7.24. The molecule has 0 saturated heterocycles. The van der Waals surface area contributed by atoms with Crippen LogP contribution < -0.4 is 0 Å². The summed E-state index contributed by atoms with van der Waals surface area (Å²) in [4.78, 5) is 17.2. The second-order valence-electron chi connectivity index (χ2n) is 7.95. The lowest BCUT2D eigenvalue weighted by atomic mass is 10.0. The van der Waals surface area contributed by atoms with E-state index in [1.165, 1.54) is 31.2 Å². The summed E-state index contributed by atoms with van der Waals surface area (Å²) in [5.74, 6) is 1.43. The molecule has 2 aliphatic rings. The number of rotatable bonds is 4. The van der Waals surface area contributed by atoms with Crippen molar-refractivity contribution in [3.63, 3.8) is 0 Å². The second-order valence-corrected chi connectivity index (χ2v) is 9.96. The molecule has 2 saturated carbocycles. The molecule has 4 atom stereocenters. The molecule has 3 rings (SSSR count). The molecule has 5 nitrogen and oxygen atoms in total. The van der Waals surface area contributed by atoms with Crippen LogP contribution in [0.15, 0.2) is 29.2 Å². The third kappa shape index (κ3) is 3.75. The first kappa shape index (κ1) is 18.4. The quantitative estimate of drug-likeness (QED) is 0.822. The molecule has 0 heterocycles. The largest absolute Gasteiger partial charge is 0.339 e. The van der Waals surface area contributed by atoms with Crippen LogP contribution in [0.25, 0.3) is 0 Å². The molecule has 1 amide bonds. The van der Waals surface area contributed by atoms with Crippen molar-refractivity contribution in [3.05, 3.63) is 29.8 Å². The third-order valence-corrected chi connectivity index (χ3v) is 7.22. The van der Waals surface area contributed by atoms with Gasteiger partial charge in [0, 0.05) is 31.0 Å². The Morgan fingerprint density at radius 3 is 1.84 bits per heavy atom. The molecule has 2 unspecified atom stereocenters. The van der Waals surface area contributed by atoms with Gasteiger partial charge in [0.25, 0.3) is 5.91 Å². The Balaban J connectivity index is 1.64. The maximum atomic E-state index is 12.8. The van der Waals surface area contributed by atoms with E-state index in [9.17, 15) is 13.2 Å². The molecule has 2 aliphatic carbocycles. The van der Waals surface area contributed by atoms with Gasteiger partial charge in [-0.1, -0.05) is 0 Å². The Bertz CT molecular complexity index is 728. The molecule has 0 aromatic heterocycles. The van der Waals surface area contributed by atoms with Crippen LogP contribution in [0, 0.1) is 11.8 Å². The topological polar surface area (TPSA) is 57.7 Å². The molecule has 0 spiro atoms. The SMILES string of the molecule is CN(C)C1C[C@@H]2CC(N(C)C(=O)c3ccc(S(C)(=O)=O)cc3)C[C@@H]2C1. The van der Waals surface area contributed by atoms with E-state index in [0.717, 1.165) is 24.7 Å². The highest BCUT2D eigenvalue weighted by molar-refractivity contribution is 7.90. The van der Waals surface area contributed by atoms with Gasteiger partial charge in [-0.2, -0.15) is 0 Å². The smallest absolute Gasteiger partial charge is 0.253 e. The molecule has 6 heteroatoms. The Hall–Kier alpha value is -1.40. The van der Waals surface area contributed by atoms with E-state index in [-0.39, 0.29) is 10.8 Å². The van der Waals surface area contributed by atoms with Gasteiger partial charge in [-0.25, -0.2) is 8.42 Å². The number of hydrogen-bond acceptors (Lipinski definition) is 4. The molecule has 138 valence electrons. The summed E-state index contributed by atoms with van der Waals surface area (Å²) in [6.07, 6.45) is 5.81. The third-order valence-electron chi connectivity index (χ3n) is 6.09. The van der Waals surface area contributed by atoms with Crippen LogP contribution >= 0.6 is 0 Å². The van der Waals surface area contributed by atoms with Gasteiger partial charge in [-0.3, -0.25) is 4.79 Å². The first-order valence-electron chi connectivity index (χ1n) is 8.90. The number of carbonyl (C=O) groups excluding carboxylic acids is 1. The van der Waals surface area contributed by atoms with Gasteiger partial charge < -0.3 is 9.80 Å². The number of carbonyl (C=O) groups is 1. The van der Waals surface area contributed by atoms with Crippen molar-refractivity contribution in [1.29, 1.82) is 0 Å². The van der Waals surface area contributed by atoms with Crippen LogP contribution in [0.1, 0.15) is 36.0 Å². The molecule has 0 bridgehead atoms. The summed E-state index contributed by atoms with van der Waals surface area (Å²) in [6.45, 7) is 0. The van der Waals surface area contributed by atoms with Gasteiger partial charge in [-0.15, -0.1) is 0 Å². The molecule has 1 aromatic carbocycles. The summed E-state index contributed by atoms with van der Waals surface area (Å²) in [5.41, 5.74) is 0.554. The molecule has 2 fully saturated rings. The predicted molar refractivity (Wildman–Crippen MR) is 98.4 cm³/mol. The molecule has 0 aliphatic heterocycles. The highest BCUT2D eigenvalue weighted by Gasteiger charge is 2.44. The Morgan fingerprint density at radius 1 is 0.920 bits per heavy atom. The molecular weight excluding hydrogens is 336 g/mol. The van der Waals surface area contributed by atoms with Crippen molar-refractivity contribution in [2.75, 3.05) is 27.4 Å². The number of nitrogens with zero attached hydrogens (tertiary/aromatic N) is 2. The van der Waals surface area contributed by atoms with Gasteiger partial charge in [0.2, 0.25) is 0 Å². The van der Waals surface area contributed by atoms with Gasteiger partial charge >= 0.3 is 0 Å². The lowest BCUT2D eigenvalue weighted by Gasteiger charge is -2.27. The fourth-order valence-corrected chi connectivity index (χ4v) is 5.14. The van der Waals surface area contributed by atoms with E-state index >= 15 is 0 Å². The summed E-state index contributed by atoms with van der Waals surface area (Å²) < 4.78 is 23.1. The van der Waals surface area contributed by atoms with Crippen molar-refractivity contribution in [2.45, 2.75) is 42.7 Å². The van der Waals surface area contributed by atoms with Crippen molar-refractivity contribution < 1.29 is 13.2 Å². The van der Waals surface area contributed by atoms with Gasteiger partial charge in [0.1, 0.15) is 0 Å². The summed E-state index contributed by atoms with van der Waals surface area (Å²) in [7, 11) is 2.95. The molecule has 0 N–H and O–H groups in total. The van der Waals surface area contributed by atoms with Crippen LogP contribution in [0.2, 0.25) is 0 Å². The summed E-state index contributed by atoms with van der Waals surface area (Å²) in [5, 5.41) is 0. The standard InChI is InChI=1S/C19H28N2O3S/c1-20(2)16-9-14-11-17(12-15(14)10-16)21(3)19(22)13-5-7-18(8-6-13)25(4,23)24/h5-8,14-17H,9-12H2,1-4H3/t14-,15+,16?,17?. The Kier molecular flexibility index (Phi) is 4.95. The number of fused-ring (bicyclic) bond motifs is 1. The van der Waals surface area contributed by atoms with E-state index < -0.39 is 9.84 Å². The number of benzene rings is 1. The van der Waals surface area contributed by atoms with Gasteiger partial charge in [0.05, 0.1) is 4.90 Å². The Morgan fingerprint density at radius 2 is 1.40 bits per heavy atom. The maximum absolute atomic E-state index is 12.8. The second kappa shape index (κ2) is 6.72. The van der Waals surface area contributed by atoms with Crippen LogP contribution in [0.3, 0.4) is 0 Å². The Labute approximate surface area is 150 Å². The molecule has 25 heavy (non-hydrogen) atoms. The first-order chi connectivity index (χ1) is 11.7. The minimum atomic E-state index is -3.23. The zero-order valence-corrected chi connectivity index (χ0v) is 16.3. The van der Waals surface area contributed by atoms with Crippen LogP contribution in [0.4, 0.5) is 0 Å². The lowest BCUT2D eigenvalue weighted by molar-refractivity contribution is 0.0726.